The molecule has 0 radical (unpaired) electrons. The Balaban J connectivity index is 2.43. The highest BCUT2D eigenvalue weighted by Crippen LogP contribution is 2.27. The SMILES string of the molecule is CNC(CN(CCC(C)C)C1CC1)C(=O)OC. The Bertz CT molecular complexity index is 240. The van der Waals surface area contributed by atoms with Crippen LogP contribution in [0.4, 0.5) is 0 Å². The van der Waals surface area contributed by atoms with Crippen molar-refractivity contribution in [2.75, 3.05) is 27.2 Å². The summed E-state index contributed by atoms with van der Waals surface area (Å²) in [6, 6.07) is 0.488. The van der Waals surface area contributed by atoms with Crippen molar-refractivity contribution in [3.05, 3.63) is 0 Å². The maximum Gasteiger partial charge on any atom is 0.324 e. The van der Waals surface area contributed by atoms with Crippen molar-refractivity contribution in [3.63, 3.8) is 0 Å². The zero-order chi connectivity index (χ0) is 12.8. The van der Waals surface area contributed by atoms with E-state index < -0.39 is 0 Å². The lowest BCUT2D eigenvalue weighted by Crippen LogP contribution is -2.46. The van der Waals surface area contributed by atoms with Crippen LogP contribution in [0, 0.1) is 5.92 Å². The van der Waals surface area contributed by atoms with Crippen molar-refractivity contribution in [2.24, 2.45) is 5.92 Å². The fourth-order valence-electron chi connectivity index (χ4n) is 1.95. The molecule has 1 fully saturated rings. The van der Waals surface area contributed by atoms with Gasteiger partial charge in [0.25, 0.3) is 0 Å². The summed E-state index contributed by atoms with van der Waals surface area (Å²) in [4.78, 5) is 14.0. The fraction of sp³-hybridized carbons (Fsp3) is 0.923. The lowest BCUT2D eigenvalue weighted by atomic mass is 10.1. The van der Waals surface area contributed by atoms with Gasteiger partial charge < -0.3 is 10.1 Å². The number of carbonyl (C=O) groups is 1. The molecule has 100 valence electrons. The van der Waals surface area contributed by atoms with Crippen LogP contribution in [-0.4, -0.2) is 50.2 Å². The standard InChI is InChI=1S/C13H26N2O2/c1-10(2)7-8-15(11-5-6-11)9-12(14-3)13(16)17-4/h10-12,14H,5-9H2,1-4H3. The first-order valence-electron chi connectivity index (χ1n) is 6.57. The van der Waals surface area contributed by atoms with Crippen molar-refractivity contribution in [1.29, 1.82) is 0 Å². The molecule has 1 aliphatic rings. The fourth-order valence-corrected chi connectivity index (χ4v) is 1.95. The molecule has 0 spiro atoms. The molecule has 1 aliphatic carbocycles. The Kier molecular flexibility index (Phi) is 5.92. The molecule has 0 saturated heterocycles. The maximum absolute atomic E-state index is 11.5. The largest absolute Gasteiger partial charge is 0.468 e. The van der Waals surface area contributed by atoms with Crippen LogP contribution in [0.1, 0.15) is 33.1 Å². The lowest BCUT2D eigenvalue weighted by molar-refractivity contribution is -0.143. The summed E-state index contributed by atoms with van der Waals surface area (Å²) >= 11 is 0. The Morgan fingerprint density at radius 2 is 2.12 bits per heavy atom. The Labute approximate surface area is 105 Å². The molecule has 0 aromatic carbocycles. The Morgan fingerprint density at radius 3 is 2.53 bits per heavy atom. The molecule has 17 heavy (non-hydrogen) atoms. The van der Waals surface area contributed by atoms with E-state index in [-0.39, 0.29) is 12.0 Å². The van der Waals surface area contributed by atoms with Crippen molar-refractivity contribution < 1.29 is 9.53 Å². The van der Waals surface area contributed by atoms with Crippen LogP contribution in [0.15, 0.2) is 0 Å². The molecule has 0 aromatic heterocycles. The van der Waals surface area contributed by atoms with Gasteiger partial charge >= 0.3 is 5.97 Å². The van der Waals surface area contributed by atoms with Crippen LogP contribution < -0.4 is 5.32 Å². The number of likely N-dealkylation sites (N-methyl/N-ethyl adjacent to an activating group) is 1. The molecule has 0 aromatic rings. The van der Waals surface area contributed by atoms with Gasteiger partial charge in [-0.15, -0.1) is 0 Å². The average molecular weight is 242 g/mol. The molecule has 0 bridgehead atoms. The smallest absolute Gasteiger partial charge is 0.324 e. The molecule has 1 saturated carbocycles. The number of carbonyl (C=O) groups excluding carboxylic acids is 1. The molecule has 1 atom stereocenters. The number of esters is 1. The molecule has 4 heteroatoms. The number of hydrogen-bond acceptors (Lipinski definition) is 4. The first-order chi connectivity index (χ1) is 8.08. The molecule has 0 aliphatic heterocycles. The highest BCUT2D eigenvalue weighted by Gasteiger charge is 2.31. The highest BCUT2D eigenvalue weighted by atomic mass is 16.5. The predicted octanol–water partition coefficient (Wildman–Crippen LogP) is 1.26. The van der Waals surface area contributed by atoms with Gasteiger partial charge in [-0.2, -0.15) is 0 Å². The Hall–Kier alpha value is -0.610. The van der Waals surface area contributed by atoms with Crippen LogP contribution in [0.5, 0.6) is 0 Å². The summed E-state index contributed by atoms with van der Waals surface area (Å²) in [6.45, 7) is 6.32. The average Bonchev–Trinajstić information content (AvgIpc) is 3.12. The highest BCUT2D eigenvalue weighted by molar-refractivity contribution is 5.75. The number of hydrogen-bond donors (Lipinski definition) is 1. The normalized spacial score (nSPS) is 17.5. The number of nitrogens with one attached hydrogen (secondary N) is 1. The van der Waals surface area contributed by atoms with Crippen LogP contribution in [0.3, 0.4) is 0 Å². The van der Waals surface area contributed by atoms with Crippen molar-refractivity contribution >= 4 is 5.97 Å². The third kappa shape index (κ3) is 5.04. The summed E-state index contributed by atoms with van der Waals surface area (Å²) < 4.78 is 4.80. The van der Waals surface area contributed by atoms with E-state index in [0.29, 0.717) is 12.0 Å². The van der Waals surface area contributed by atoms with Crippen molar-refractivity contribution in [1.82, 2.24) is 10.2 Å². The van der Waals surface area contributed by atoms with Crippen LogP contribution in [-0.2, 0) is 9.53 Å². The zero-order valence-electron chi connectivity index (χ0n) is 11.5. The van der Waals surface area contributed by atoms with E-state index in [1.807, 2.05) is 7.05 Å². The van der Waals surface area contributed by atoms with Crippen molar-refractivity contribution in [2.45, 2.75) is 45.2 Å². The molecule has 0 heterocycles. The van der Waals surface area contributed by atoms with Crippen LogP contribution in [0.25, 0.3) is 0 Å². The summed E-state index contributed by atoms with van der Waals surface area (Å²) in [6.07, 6.45) is 3.74. The second-order valence-electron chi connectivity index (χ2n) is 5.27. The van der Waals surface area contributed by atoms with Gasteiger partial charge in [0.2, 0.25) is 0 Å². The van der Waals surface area contributed by atoms with E-state index in [2.05, 4.69) is 24.1 Å². The quantitative estimate of drug-likeness (QED) is 0.651. The lowest BCUT2D eigenvalue weighted by Gasteiger charge is -2.26. The number of rotatable bonds is 8. The molecule has 0 amide bonds. The first-order valence-corrected chi connectivity index (χ1v) is 6.57. The first kappa shape index (κ1) is 14.5. The minimum absolute atomic E-state index is 0.164. The van der Waals surface area contributed by atoms with Gasteiger partial charge in [-0.1, -0.05) is 13.8 Å². The summed E-state index contributed by atoms with van der Waals surface area (Å²) in [5, 5.41) is 3.04. The molecule has 4 nitrogen and oxygen atoms in total. The van der Waals surface area contributed by atoms with E-state index in [1.54, 1.807) is 0 Å². The molecular formula is C13H26N2O2. The Morgan fingerprint density at radius 1 is 1.47 bits per heavy atom. The van der Waals surface area contributed by atoms with E-state index in [1.165, 1.54) is 26.4 Å². The molecular weight excluding hydrogens is 216 g/mol. The van der Waals surface area contributed by atoms with Crippen LogP contribution in [0.2, 0.25) is 0 Å². The van der Waals surface area contributed by atoms with E-state index in [4.69, 9.17) is 4.74 Å². The third-order valence-corrected chi connectivity index (χ3v) is 3.31. The summed E-state index contributed by atoms with van der Waals surface area (Å²) in [5.41, 5.74) is 0. The second kappa shape index (κ2) is 6.97. The summed E-state index contributed by atoms with van der Waals surface area (Å²) in [7, 11) is 3.26. The molecule has 1 N–H and O–H groups in total. The van der Waals surface area contributed by atoms with E-state index in [9.17, 15) is 4.79 Å². The maximum atomic E-state index is 11.5. The second-order valence-corrected chi connectivity index (χ2v) is 5.27. The predicted molar refractivity (Wildman–Crippen MR) is 68.9 cm³/mol. The van der Waals surface area contributed by atoms with Gasteiger partial charge in [-0.05, 0) is 38.8 Å². The van der Waals surface area contributed by atoms with Crippen LogP contribution >= 0.6 is 0 Å². The van der Waals surface area contributed by atoms with Gasteiger partial charge in [0.1, 0.15) is 6.04 Å². The minimum Gasteiger partial charge on any atom is -0.468 e. The minimum atomic E-state index is -0.201. The monoisotopic (exact) mass is 242 g/mol. The van der Waals surface area contributed by atoms with E-state index in [0.717, 1.165) is 13.1 Å². The number of ether oxygens (including phenoxy) is 1. The topological polar surface area (TPSA) is 41.6 Å². The van der Waals surface area contributed by atoms with Crippen molar-refractivity contribution in [3.8, 4) is 0 Å². The third-order valence-electron chi connectivity index (χ3n) is 3.31. The van der Waals surface area contributed by atoms with E-state index >= 15 is 0 Å². The molecule has 1 unspecified atom stereocenters. The number of nitrogens with zero attached hydrogens (tertiary/aromatic N) is 1. The van der Waals surface area contributed by atoms with Gasteiger partial charge in [0.05, 0.1) is 7.11 Å². The summed E-state index contributed by atoms with van der Waals surface area (Å²) in [5.74, 6) is 0.546. The van der Waals surface area contributed by atoms with Gasteiger partial charge in [0.15, 0.2) is 0 Å². The van der Waals surface area contributed by atoms with Gasteiger partial charge in [0, 0.05) is 12.6 Å². The van der Waals surface area contributed by atoms with Gasteiger partial charge in [-0.25, -0.2) is 0 Å². The number of methoxy groups -OCH3 is 1. The van der Waals surface area contributed by atoms with Gasteiger partial charge in [-0.3, -0.25) is 9.69 Å². The zero-order valence-corrected chi connectivity index (χ0v) is 11.5. The molecule has 1 rings (SSSR count).